The van der Waals surface area contributed by atoms with Crippen LogP contribution in [-0.4, -0.2) is 24.6 Å². The van der Waals surface area contributed by atoms with Crippen LogP contribution in [-0.2, 0) is 19.1 Å². The molecule has 1 heterocycles. The average molecular weight is 222 g/mol. The minimum absolute atomic E-state index is 0.167. The molecule has 86 valence electrons. The van der Waals surface area contributed by atoms with Gasteiger partial charge in [-0.25, -0.2) is 0 Å². The first-order valence-electron chi connectivity index (χ1n) is 5.61. The maximum atomic E-state index is 12.0. The molecule has 0 amide bonds. The van der Waals surface area contributed by atoms with Gasteiger partial charge in [-0.3, -0.25) is 9.59 Å². The highest BCUT2D eigenvalue weighted by Crippen LogP contribution is 2.57. The zero-order chi connectivity index (χ0) is 11.4. The van der Waals surface area contributed by atoms with Crippen molar-refractivity contribution in [1.82, 2.24) is 0 Å². The first-order chi connectivity index (χ1) is 7.62. The molecular weight excluding hydrogens is 208 g/mol. The number of esters is 2. The Hall–Kier alpha value is -1.16. The third-order valence-corrected chi connectivity index (χ3v) is 4.35. The Morgan fingerprint density at radius 2 is 2.31 bits per heavy atom. The topological polar surface area (TPSA) is 52.6 Å². The van der Waals surface area contributed by atoms with Crippen LogP contribution >= 0.6 is 0 Å². The lowest BCUT2D eigenvalue weighted by Gasteiger charge is -2.51. The van der Waals surface area contributed by atoms with Crippen LogP contribution in [0.1, 0.15) is 25.7 Å². The van der Waals surface area contributed by atoms with E-state index < -0.39 is 23.0 Å². The van der Waals surface area contributed by atoms with Crippen LogP contribution in [0.2, 0.25) is 0 Å². The molecule has 4 aliphatic rings. The van der Waals surface area contributed by atoms with Gasteiger partial charge in [-0.2, -0.15) is 0 Å². The van der Waals surface area contributed by atoms with E-state index in [0.29, 0.717) is 12.3 Å². The van der Waals surface area contributed by atoms with Gasteiger partial charge in [-0.05, 0) is 25.2 Å². The smallest absolute Gasteiger partial charge is 0.323 e. The van der Waals surface area contributed by atoms with Gasteiger partial charge in [-0.1, -0.05) is 12.2 Å². The Kier molecular flexibility index (Phi) is 1.84. The first-order valence-corrected chi connectivity index (χ1v) is 5.61. The van der Waals surface area contributed by atoms with Crippen molar-refractivity contribution in [2.75, 3.05) is 7.11 Å². The number of hydrogen-bond acceptors (Lipinski definition) is 4. The van der Waals surface area contributed by atoms with Gasteiger partial charge in [0, 0.05) is 7.11 Å². The van der Waals surface area contributed by atoms with E-state index in [0.717, 1.165) is 12.8 Å². The molecule has 4 rings (SSSR count). The largest absolute Gasteiger partial charge is 0.393 e. The molecule has 0 aromatic heterocycles. The Morgan fingerprint density at radius 3 is 2.81 bits per heavy atom. The van der Waals surface area contributed by atoms with E-state index in [9.17, 15) is 9.59 Å². The van der Waals surface area contributed by atoms with Crippen LogP contribution in [0.3, 0.4) is 0 Å². The second-order valence-corrected chi connectivity index (χ2v) is 4.98. The SMILES string of the molecule is CO[C@]12C=C[C@H](CC1)C[C@]21CC(=O)OC1=O. The Labute approximate surface area is 93.6 Å². The molecule has 1 saturated carbocycles. The molecule has 0 aromatic carbocycles. The van der Waals surface area contributed by atoms with Gasteiger partial charge < -0.3 is 9.47 Å². The van der Waals surface area contributed by atoms with Crippen molar-refractivity contribution < 1.29 is 19.1 Å². The van der Waals surface area contributed by atoms with E-state index in [1.165, 1.54) is 0 Å². The molecule has 4 nitrogen and oxygen atoms in total. The number of rotatable bonds is 1. The summed E-state index contributed by atoms with van der Waals surface area (Å²) in [5, 5.41) is 0. The van der Waals surface area contributed by atoms with E-state index in [4.69, 9.17) is 9.47 Å². The van der Waals surface area contributed by atoms with E-state index >= 15 is 0 Å². The number of carbonyl (C=O) groups excluding carboxylic acids is 2. The van der Waals surface area contributed by atoms with E-state index in [1.807, 2.05) is 6.08 Å². The molecule has 0 unspecified atom stereocenters. The van der Waals surface area contributed by atoms with Crippen LogP contribution in [0.5, 0.6) is 0 Å². The average Bonchev–Trinajstić information content (AvgIpc) is 2.56. The predicted octanol–water partition coefficient (Wildman–Crippen LogP) is 1.20. The summed E-state index contributed by atoms with van der Waals surface area (Å²) in [6.45, 7) is 0. The van der Waals surface area contributed by atoms with Gasteiger partial charge in [0.05, 0.1) is 6.42 Å². The molecule has 16 heavy (non-hydrogen) atoms. The van der Waals surface area contributed by atoms with Crippen molar-refractivity contribution in [2.24, 2.45) is 11.3 Å². The maximum Gasteiger partial charge on any atom is 0.323 e. The minimum Gasteiger partial charge on any atom is -0.393 e. The fourth-order valence-electron chi connectivity index (χ4n) is 3.46. The zero-order valence-corrected chi connectivity index (χ0v) is 9.19. The van der Waals surface area contributed by atoms with Crippen LogP contribution in [0, 0.1) is 11.3 Å². The molecular formula is C12H14O4. The van der Waals surface area contributed by atoms with Crippen LogP contribution in [0.15, 0.2) is 12.2 Å². The van der Waals surface area contributed by atoms with Crippen molar-refractivity contribution in [1.29, 1.82) is 0 Å². The molecule has 4 heteroatoms. The summed E-state index contributed by atoms with van der Waals surface area (Å²) in [6, 6.07) is 0. The second-order valence-electron chi connectivity index (χ2n) is 4.98. The number of cyclic esters (lactones) is 2. The first kappa shape index (κ1) is 10.0. The van der Waals surface area contributed by atoms with E-state index in [2.05, 4.69) is 6.08 Å². The standard InChI is InChI=1S/C12H14O4/c1-15-12-4-2-8(3-5-12)6-11(12)7-9(13)16-10(11)14/h2,4,8H,3,5-7H2,1H3/t8-,11-,12-/m1/s1. The summed E-state index contributed by atoms with van der Waals surface area (Å²) in [7, 11) is 1.60. The monoisotopic (exact) mass is 222 g/mol. The Bertz CT molecular complexity index is 400. The number of hydrogen-bond donors (Lipinski definition) is 0. The van der Waals surface area contributed by atoms with Gasteiger partial charge in [-0.15, -0.1) is 0 Å². The zero-order valence-electron chi connectivity index (χ0n) is 9.19. The molecule has 1 aliphatic heterocycles. The summed E-state index contributed by atoms with van der Waals surface area (Å²) >= 11 is 0. The van der Waals surface area contributed by atoms with Crippen molar-refractivity contribution in [3.63, 3.8) is 0 Å². The number of methoxy groups -OCH3 is 1. The lowest BCUT2D eigenvalue weighted by molar-refractivity contribution is -0.171. The molecule has 0 aromatic rings. The molecule has 2 fully saturated rings. The van der Waals surface area contributed by atoms with Gasteiger partial charge >= 0.3 is 11.9 Å². The normalized spacial score (nSPS) is 45.4. The minimum atomic E-state index is -0.753. The fraction of sp³-hybridized carbons (Fsp3) is 0.667. The quantitative estimate of drug-likeness (QED) is 0.380. The van der Waals surface area contributed by atoms with Crippen LogP contribution in [0.25, 0.3) is 0 Å². The molecule has 3 atom stereocenters. The third-order valence-electron chi connectivity index (χ3n) is 4.35. The highest BCUT2D eigenvalue weighted by Gasteiger charge is 2.65. The summed E-state index contributed by atoms with van der Waals surface area (Å²) in [5.74, 6) is -0.425. The lowest BCUT2D eigenvalue weighted by Crippen LogP contribution is -2.57. The molecule has 0 N–H and O–H groups in total. The van der Waals surface area contributed by atoms with Crippen LogP contribution < -0.4 is 0 Å². The van der Waals surface area contributed by atoms with E-state index in [-0.39, 0.29) is 6.42 Å². The number of fused-ring (bicyclic) bond motifs is 1. The van der Waals surface area contributed by atoms with Gasteiger partial charge in [0.2, 0.25) is 0 Å². The van der Waals surface area contributed by atoms with E-state index in [1.54, 1.807) is 7.11 Å². The molecule has 3 aliphatic carbocycles. The summed E-state index contributed by atoms with van der Waals surface area (Å²) in [6.07, 6.45) is 6.74. The van der Waals surface area contributed by atoms with Gasteiger partial charge in [0.1, 0.15) is 11.0 Å². The second kappa shape index (κ2) is 2.94. The van der Waals surface area contributed by atoms with Gasteiger partial charge in [0.15, 0.2) is 0 Å². The summed E-state index contributed by atoms with van der Waals surface area (Å²) in [4.78, 5) is 23.3. The third kappa shape index (κ3) is 0.981. The number of allylic oxidation sites excluding steroid dienone is 1. The molecule has 2 bridgehead atoms. The highest BCUT2D eigenvalue weighted by molar-refractivity contribution is 5.99. The van der Waals surface area contributed by atoms with Crippen molar-refractivity contribution in [3.8, 4) is 0 Å². The number of ether oxygens (including phenoxy) is 2. The summed E-state index contributed by atoms with van der Waals surface area (Å²) < 4.78 is 10.3. The molecule has 1 spiro atoms. The van der Waals surface area contributed by atoms with Crippen LogP contribution in [0.4, 0.5) is 0 Å². The summed E-state index contributed by atoms with van der Waals surface area (Å²) in [5.41, 5.74) is -1.37. The van der Waals surface area contributed by atoms with Crippen molar-refractivity contribution in [3.05, 3.63) is 12.2 Å². The van der Waals surface area contributed by atoms with Crippen molar-refractivity contribution >= 4 is 11.9 Å². The Morgan fingerprint density at radius 1 is 1.50 bits per heavy atom. The van der Waals surface area contributed by atoms with Crippen molar-refractivity contribution in [2.45, 2.75) is 31.3 Å². The Balaban J connectivity index is 2.11. The molecule has 1 saturated heterocycles. The highest BCUT2D eigenvalue weighted by atomic mass is 16.6. The van der Waals surface area contributed by atoms with Gasteiger partial charge in [0.25, 0.3) is 0 Å². The maximum absolute atomic E-state index is 12.0. The number of carbonyl (C=O) groups is 2. The predicted molar refractivity (Wildman–Crippen MR) is 54.4 cm³/mol. The molecule has 0 radical (unpaired) electrons. The lowest BCUT2D eigenvalue weighted by atomic mass is 9.55. The fourth-order valence-corrected chi connectivity index (χ4v) is 3.46.